The predicted octanol–water partition coefficient (Wildman–Crippen LogP) is 4.44. The molecule has 3 aromatic rings. The van der Waals surface area contributed by atoms with Crippen LogP contribution in [0.25, 0.3) is 0 Å². The summed E-state index contributed by atoms with van der Waals surface area (Å²) in [6.45, 7) is 5.60. The monoisotopic (exact) mass is 389 g/mol. The molecule has 0 bridgehead atoms. The van der Waals surface area contributed by atoms with E-state index in [9.17, 15) is 4.79 Å². The van der Waals surface area contributed by atoms with Gasteiger partial charge >= 0.3 is 0 Å². The molecule has 0 fully saturated rings. The van der Waals surface area contributed by atoms with E-state index in [0.29, 0.717) is 18.0 Å². The average molecular weight is 390 g/mol. The summed E-state index contributed by atoms with van der Waals surface area (Å²) in [7, 11) is 0. The van der Waals surface area contributed by atoms with Gasteiger partial charge in [0, 0.05) is 23.3 Å². The van der Waals surface area contributed by atoms with Crippen LogP contribution in [0.1, 0.15) is 33.4 Å². The fraction of sp³-hybridized carbons (Fsp3) is 0.263. The third kappa shape index (κ3) is 4.65. The van der Waals surface area contributed by atoms with Crippen LogP contribution in [0, 0.1) is 6.92 Å². The van der Waals surface area contributed by atoms with Gasteiger partial charge in [0.15, 0.2) is 0 Å². The summed E-state index contributed by atoms with van der Waals surface area (Å²) in [5.41, 5.74) is 2.78. The number of thiophene rings is 1. The number of halogens is 1. The van der Waals surface area contributed by atoms with Gasteiger partial charge < -0.3 is 10.1 Å². The lowest BCUT2D eigenvalue weighted by Crippen LogP contribution is -2.22. The summed E-state index contributed by atoms with van der Waals surface area (Å²) >= 11 is 7.42. The van der Waals surface area contributed by atoms with Crippen LogP contribution in [0.4, 0.5) is 0 Å². The molecule has 0 radical (unpaired) electrons. The van der Waals surface area contributed by atoms with Crippen LogP contribution >= 0.6 is 22.9 Å². The normalized spacial score (nSPS) is 10.7. The maximum atomic E-state index is 12.3. The van der Waals surface area contributed by atoms with E-state index in [1.165, 1.54) is 11.3 Å². The zero-order valence-electron chi connectivity index (χ0n) is 14.7. The second kappa shape index (κ2) is 8.38. The predicted molar refractivity (Wildman–Crippen MR) is 104 cm³/mol. The summed E-state index contributed by atoms with van der Waals surface area (Å²) in [6, 6.07) is 9.32. The van der Waals surface area contributed by atoms with Gasteiger partial charge in [-0.05, 0) is 55.1 Å². The van der Waals surface area contributed by atoms with Crippen LogP contribution in [0.15, 0.2) is 41.9 Å². The molecule has 0 aliphatic rings. The standard InChI is InChI=1S/C19H20ClN3O2S/c1-3-23-7-6-15(22-23)10-21-19(24)18-9-14(12-26-18)11-25-16-4-5-17(20)13(2)8-16/h4-9,12H,3,10-11H2,1-2H3,(H,21,24). The SMILES string of the molecule is CCn1ccc(CNC(=O)c2cc(COc3ccc(Cl)c(C)c3)cs2)n1. The molecule has 7 heteroatoms. The Bertz CT molecular complexity index is 904. The van der Waals surface area contributed by atoms with Crippen molar-refractivity contribution in [3.63, 3.8) is 0 Å². The Hall–Kier alpha value is -2.31. The molecule has 5 nitrogen and oxygen atoms in total. The molecule has 0 unspecified atom stereocenters. The molecule has 26 heavy (non-hydrogen) atoms. The molecule has 0 saturated carbocycles. The van der Waals surface area contributed by atoms with E-state index >= 15 is 0 Å². The Morgan fingerprint density at radius 2 is 2.19 bits per heavy atom. The molecule has 0 spiro atoms. The van der Waals surface area contributed by atoms with Crippen LogP contribution < -0.4 is 10.1 Å². The Morgan fingerprint density at radius 3 is 2.92 bits per heavy atom. The highest BCUT2D eigenvalue weighted by Crippen LogP contribution is 2.23. The largest absolute Gasteiger partial charge is 0.489 e. The number of nitrogens with zero attached hydrogens (tertiary/aromatic N) is 2. The minimum atomic E-state index is -0.102. The van der Waals surface area contributed by atoms with Crippen LogP contribution in [0.3, 0.4) is 0 Å². The summed E-state index contributed by atoms with van der Waals surface area (Å²) in [5.74, 6) is 0.658. The van der Waals surface area contributed by atoms with Crippen molar-refractivity contribution in [2.24, 2.45) is 0 Å². The number of aromatic nitrogens is 2. The Balaban J connectivity index is 1.53. The number of rotatable bonds is 7. The molecule has 1 amide bonds. The maximum Gasteiger partial charge on any atom is 0.261 e. The number of carbonyl (C=O) groups is 1. The molecule has 2 heterocycles. The van der Waals surface area contributed by atoms with E-state index in [-0.39, 0.29) is 5.91 Å². The molecule has 0 saturated heterocycles. The average Bonchev–Trinajstić information content (AvgIpc) is 3.30. The fourth-order valence-corrected chi connectivity index (χ4v) is 3.31. The molecule has 0 aliphatic carbocycles. The smallest absolute Gasteiger partial charge is 0.261 e. The topological polar surface area (TPSA) is 56.2 Å². The van der Waals surface area contributed by atoms with Gasteiger partial charge in [-0.2, -0.15) is 5.10 Å². The van der Waals surface area contributed by atoms with Gasteiger partial charge in [0.25, 0.3) is 5.91 Å². The minimum absolute atomic E-state index is 0.102. The van der Waals surface area contributed by atoms with E-state index < -0.39 is 0 Å². The highest BCUT2D eigenvalue weighted by molar-refractivity contribution is 7.12. The van der Waals surface area contributed by atoms with E-state index in [4.69, 9.17) is 16.3 Å². The van der Waals surface area contributed by atoms with Crippen molar-refractivity contribution >= 4 is 28.8 Å². The molecule has 2 aromatic heterocycles. The highest BCUT2D eigenvalue weighted by atomic mass is 35.5. The van der Waals surface area contributed by atoms with Crippen molar-refractivity contribution in [1.82, 2.24) is 15.1 Å². The Kier molecular flexibility index (Phi) is 5.96. The lowest BCUT2D eigenvalue weighted by molar-refractivity contribution is 0.0954. The summed E-state index contributed by atoms with van der Waals surface area (Å²) in [6.07, 6.45) is 1.90. The van der Waals surface area contributed by atoms with Gasteiger partial charge in [0.1, 0.15) is 12.4 Å². The van der Waals surface area contributed by atoms with Gasteiger partial charge in [-0.25, -0.2) is 0 Å². The molecule has 1 aromatic carbocycles. The molecule has 3 rings (SSSR count). The number of nitrogens with one attached hydrogen (secondary N) is 1. The molecule has 1 N–H and O–H groups in total. The summed E-state index contributed by atoms with van der Waals surface area (Å²) < 4.78 is 7.60. The number of carbonyl (C=O) groups excluding carboxylic acids is 1. The van der Waals surface area contributed by atoms with Gasteiger partial charge in [0.05, 0.1) is 17.1 Å². The van der Waals surface area contributed by atoms with Crippen molar-refractivity contribution in [3.8, 4) is 5.75 Å². The van der Waals surface area contributed by atoms with Crippen molar-refractivity contribution in [2.45, 2.75) is 33.5 Å². The summed E-state index contributed by atoms with van der Waals surface area (Å²) in [5, 5.41) is 9.90. The van der Waals surface area contributed by atoms with Crippen molar-refractivity contribution < 1.29 is 9.53 Å². The first kappa shape index (κ1) is 18.5. The Morgan fingerprint density at radius 1 is 1.35 bits per heavy atom. The van der Waals surface area contributed by atoms with Gasteiger partial charge in [-0.1, -0.05) is 11.6 Å². The first-order valence-electron chi connectivity index (χ1n) is 8.32. The maximum absolute atomic E-state index is 12.3. The summed E-state index contributed by atoms with van der Waals surface area (Å²) in [4.78, 5) is 12.9. The molecule has 0 atom stereocenters. The van der Waals surface area contributed by atoms with Gasteiger partial charge in [-0.15, -0.1) is 11.3 Å². The lowest BCUT2D eigenvalue weighted by Gasteiger charge is -2.06. The molecular formula is C19H20ClN3O2S. The lowest BCUT2D eigenvalue weighted by atomic mass is 10.2. The van der Waals surface area contributed by atoms with Gasteiger partial charge in [-0.3, -0.25) is 9.48 Å². The zero-order valence-corrected chi connectivity index (χ0v) is 16.2. The van der Waals surface area contributed by atoms with E-state index in [1.807, 2.05) is 60.4 Å². The Labute approximate surface area is 161 Å². The molecule has 136 valence electrons. The van der Waals surface area contributed by atoms with Crippen LogP contribution in [0.2, 0.25) is 5.02 Å². The van der Waals surface area contributed by atoms with Gasteiger partial charge in [0.2, 0.25) is 0 Å². The van der Waals surface area contributed by atoms with Crippen LogP contribution in [0.5, 0.6) is 5.75 Å². The third-order valence-corrected chi connectivity index (χ3v) is 5.26. The highest BCUT2D eigenvalue weighted by Gasteiger charge is 2.10. The second-order valence-corrected chi connectivity index (χ2v) is 7.18. The number of amides is 1. The van der Waals surface area contributed by atoms with E-state index in [1.54, 1.807) is 0 Å². The van der Waals surface area contributed by atoms with E-state index in [0.717, 1.165) is 34.1 Å². The number of hydrogen-bond acceptors (Lipinski definition) is 4. The number of benzene rings is 1. The first-order chi connectivity index (χ1) is 12.5. The molecule has 0 aliphatic heterocycles. The van der Waals surface area contributed by atoms with Crippen molar-refractivity contribution in [2.75, 3.05) is 0 Å². The van der Waals surface area contributed by atoms with Crippen LogP contribution in [-0.2, 0) is 19.7 Å². The number of ether oxygens (including phenoxy) is 1. The number of hydrogen-bond donors (Lipinski definition) is 1. The minimum Gasteiger partial charge on any atom is -0.489 e. The van der Waals surface area contributed by atoms with Crippen molar-refractivity contribution in [1.29, 1.82) is 0 Å². The third-order valence-electron chi connectivity index (χ3n) is 3.86. The zero-order chi connectivity index (χ0) is 18.5. The molecular weight excluding hydrogens is 370 g/mol. The van der Waals surface area contributed by atoms with Crippen molar-refractivity contribution in [3.05, 3.63) is 68.6 Å². The van der Waals surface area contributed by atoms with E-state index in [2.05, 4.69) is 10.4 Å². The van der Waals surface area contributed by atoms with Crippen LogP contribution in [-0.4, -0.2) is 15.7 Å². The second-order valence-electron chi connectivity index (χ2n) is 5.86. The fourth-order valence-electron chi connectivity index (χ4n) is 2.38. The number of aryl methyl sites for hydroxylation is 2. The quantitative estimate of drug-likeness (QED) is 0.650. The first-order valence-corrected chi connectivity index (χ1v) is 9.58.